The Labute approximate surface area is 173 Å². The molecule has 27 heavy (non-hydrogen) atoms. The van der Waals surface area contributed by atoms with Gasteiger partial charge in [-0.2, -0.15) is 5.10 Å². The number of carbonyl (C=O) groups excluding carboxylic acids is 1. The van der Waals surface area contributed by atoms with Gasteiger partial charge in [-0.05, 0) is 84.3 Å². The Balaban J connectivity index is 2.15. The maximum absolute atomic E-state index is 12.3. The number of carbonyl (C=O) groups is 1. The van der Waals surface area contributed by atoms with E-state index < -0.39 is 15.9 Å². The molecular weight excluding hydrogens is 477 g/mol. The van der Waals surface area contributed by atoms with E-state index >= 15 is 0 Å². The lowest BCUT2D eigenvalue weighted by atomic mass is 10.1. The molecule has 0 aromatic heterocycles. The highest BCUT2D eigenvalue weighted by atomic mass is 127. The Bertz CT molecular complexity index is 970. The Morgan fingerprint density at radius 2 is 1.74 bits per heavy atom. The van der Waals surface area contributed by atoms with E-state index in [0.29, 0.717) is 11.4 Å². The Hall–Kier alpha value is -1.94. The molecule has 0 atom stereocenters. The van der Waals surface area contributed by atoms with Gasteiger partial charge in [0.2, 0.25) is 10.0 Å². The van der Waals surface area contributed by atoms with Crippen LogP contribution in [0.2, 0.25) is 0 Å². The van der Waals surface area contributed by atoms with Gasteiger partial charge < -0.3 is 0 Å². The number of aryl methyl sites for hydroxylation is 2. The summed E-state index contributed by atoms with van der Waals surface area (Å²) in [4.78, 5) is 12.3. The van der Waals surface area contributed by atoms with Gasteiger partial charge in [-0.3, -0.25) is 9.10 Å². The van der Waals surface area contributed by atoms with Crippen LogP contribution in [0.25, 0.3) is 0 Å². The van der Waals surface area contributed by atoms with Crippen LogP contribution < -0.4 is 9.73 Å². The van der Waals surface area contributed by atoms with Crippen LogP contribution in [0, 0.1) is 17.4 Å². The molecule has 2 aromatic carbocycles. The second kappa shape index (κ2) is 8.83. The monoisotopic (exact) mass is 499 g/mol. The van der Waals surface area contributed by atoms with Gasteiger partial charge in [0, 0.05) is 3.57 Å². The number of halogens is 1. The number of anilines is 1. The van der Waals surface area contributed by atoms with Gasteiger partial charge in [0.05, 0.1) is 17.7 Å². The number of rotatable bonds is 6. The van der Waals surface area contributed by atoms with Crippen molar-refractivity contribution in [1.82, 2.24) is 5.43 Å². The summed E-state index contributed by atoms with van der Waals surface area (Å²) in [5.41, 5.74) is 6.41. The Kier molecular flexibility index (Phi) is 6.99. The molecule has 144 valence electrons. The van der Waals surface area contributed by atoms with Crippen LogP contribution in [0.3, 0.4) is 0 Å². The van der Waals surface area contributed by atoms with Crippen LogP contribution in [0.4, 0.5) is 5.69 Å². The number of sulfonamides is 1. The molecule has 0 radical (unpaired) electrons. The summed E-state index contributed by atoms with van der Waals surface area (Å²) in [5, 5.41) is 4.08. The molecule has 1 amide bonds. The molecule has 8 heteroatoms. The van der Waals surface area contributed by atoms with Crippen LogP contribution in [0.1, 0.15) is 23.6 Å². The molecule has 1 N–H and O–H groups in total. The molecule has 0 unspecified atom stereocenters. The van der Waals surface area contributed by atoms with E-state index in [4.69, 9.17) is 0 Å². The highest BCUT2D eigenvalue weighted by Crippen LogP contribution is 2.21. The smallest absolute Gasteiger partial charge is 0.260 e. The highest BCUT2D eigenvalue weighted by molar-refractivity contribution is 14.1. The summed E-state index contributed by atoms with van der Waals surface area (Å²) < 4.78 is 26.5. The van der Waals surface area contributed by atoms with Gasteiger partial charge in [0.1, 0.15) is 6.54 Å². The molecule has 0 spiro atoms. The van der Waals surface area contributed by atoms with E-state index in [1.165, 1.54) is 0 Å². The summed E-state index contributed by atoms with van der Waals surface area (Å²) in [5.74, 6) is -0.511. The first-order valence-electron chi connectivity index (χ1n) is 8.22. The number of hydrazone groups is 1. The zero-order chi connectivity index (χ0) is 20.2. The number of nitrogens with one attached hydrogen (secondary N) is 1. The van der Waals surface area contributed by atoms with Crippen LogP contribution in [-0.2, 0) is 14.8 Å². The average molecular weight is 499 g/mol. The van der Waals surface area contributed by atoms with Gasteiger partial charge in [0.25, 0.3) is 5.91 Å². The van der Waals surface area contributed by atoms with Crippen LogP contribution >= 0.6 is 22.6 Å². The molecule has 0 fully saturated rings. The minimum atomic E-state index is -3.61. The quantitative estimate of drug-likeness (QED) is 0.377. The third-order valence-electron chi connectivity index (χ3n) is 4.08. The summed E-state index contributed by atoms with van der Waals surface area (Å²) in [6.07, 6.45) is 1.08. The standard InChI is InChI=1S/C19H22IN3O3S/c1-13-5-10-18(11-14(13)2)23(27(4,25)26)12-19(24)22-21-15(3)16-6-8-17(20)9-7-16/h5-11H,12H2,1-4H3,(H,22,24)/b21-15-. The normalized spacial score (nSPS) is 12.0. The van der Waals surface area contributed by atoms with Crippen molar-refractivity contribution in [3.8, 4) is 0 Å². The van der Waals surface area contributed by atoms with E-state index in [1.807, 2.05) is 44.2 Å². The molecule has 2 aromatic rings. The molecule has 0 aliphatic rings. The first-order valence-corrected chi connectivity index (χ1v) is 11.1. The molecule has 2 rings (SSSR count). The molecule has 6 nitrogen and oxygen atoms in total. The minimum absolute atomic E-state index is 0.342. The fourth-order valence-electron chi connectivity index (χ4n) is 2.35. The molecule has 0 aliphatic heterocycles. The van der Waals surface area contributed by atoms with E-state index in [0.717, 1.165) is 30.8 Å². The fourth-order valence-corrected chi connectivity index (χ4v) is 3.56. The number of hydrogen-bond acceptors (Lipinski definition) is 4. The van der Waals surface area contributed by atoms with E-state index in [9.17, 15) is 13.2 Å². The Morgan fingerprint density at radius 3 is 2.30 bits per heavy atom. The van der Waals surface area contributed by atoms with E-state index in [2.05, 4.69) is 33.1 Å². The predicted molar refractivity (Wildman–Crippen MR) is 118 cm³/mol. The maximum atomic E-state index is 12.3. The van der Waals surface area contributed by atoms with Crippen molar-refractivity contribution in [3.05, 3.63) is 62.7 Å². The lowest BCUT2D eigenvalue weighted by molar-refractivity contribution is -0.119. The van der Waals surface area contributed by atoms with Crippen LogP contribution in [0.15, 0.2) is 47.6 Å². The van der Waals surface area contributed by atoms with E-state index in [1.54, 1.807) is 19.1 Å². The second-order valence-electron chi connectivity index (χ2n) is 6.28. The summed E-state index contributed by atoms with van der Waals surface area (Å²) in [6.45, 7) is 5.28. The predicted octanol–water partition coefficient (Wildman–Crippen LogP) is 3.21. The van der Waals surface area contributed by atoms with Gasteiger partial charge in [-0.25, -0.2) is 13.8 Å². The van der Waals surface area contributed by atoms with Gasteiger partial charge in [-0.1, -0.05) is 18.2 Å². The van der Waals surface area contributed by atoms with Crippen molar-refractivity contribution in [2.45, 2.75) is 20.8 Å². The van der Waals surface area contributed by atoms with Crippen LogP contribution in [0.5, 0.6) is 0 Å². The minimum Gasteiger partial charge on any atom is -0.271 e. The topological polar surface area (TPSA) is 78.8 Å². The van der Waals surface area contributed by atoms with Crippen molar-refractivity contribution in [2.24, 2.45) is 5.10 Å². The highest BCUT2D eigenvalue weighted by Gasteiger charge is 2.21. The fraction of sp³-hybridized carbons (Fsp3) is 0.263. The van der Waals surface area contributed by atoms with Crippen molar-refractivity contribution in [3.63, 3.8) is 0 Å². The SMILES string of the molecule is C/C(=N/NC(=O)CN(c1ccc(C)c(C)c1)S(C)(=O)=O)c1ccc(I)cc1. The summed E-state index contributed by atoms with van der Waals surface area (Å²) in [6, 6.07) is 13.0. The number of hydrogen-bond donors (Lipinski definition) is 1. The molecule has 0 bridgehead atoms. The van der Waals surface area contributed by atoms with Gasteiger partial charge >= 0.3 is 0 Å². The van der Waals surface area contributed by atoms with Crippen molar-refractivity contribution in [1.29, 1.82) is 0 Å². The van der Waals surface area contributed by atoms with E-state index in [-0.39, 0.29) is 6.54 Å². The Morgan fingerprint density at radius 1 is 1.11 bits per heavy atom. The third kappa shape index (κ3) is 6.03. The summed E-state index contributed by atoms with van der Waals surface area (Å²) >= 11 is 2.21. The number of amides is 1. The lowest BCUT2D eigenvalue weighted by Gasteiger charge is -2.22. The molecule has 0 saturated heterocycles. The third-order valence-corrected chi connectivity index (χ3v) is 5.94. The zero-order valence-electron chi connectivity index (χ0n) is 15.7. The largest absolute Gasteiger partial charge is 0.271 e. The maximum Gasteiger partial charge on any atom is 0.260 e. The first-order chi connectivity index (χ1) is 12.6. The number of benzene rings is 2. The molecule has 0 heterocycles. The molecular formula is C19H22IN3O3S. The second-order valence-corrected chi connectivity index (χ2v) is 9.43. The van der Waals surface area contributed by atoms with Crippen LogP contribution in [-0.4, -0.2) is 32.8 Å². The van der Waals surface area contributed by atoms with Gasteiger partial charge in [0.15, 0.2) is 0 Å². The molecule has 0 aliphatic carbocycles. The number of nitrogens with zero attached hydrogens (tertiary/aromatic N) is 2. The first kappa shape index (κ1) is 21.4. The van der Waals surface area contributed by atoms with Crippen molar-refractivity contribution < 1.29 is 13.2 Å². The zero-order valence-corrected chi connectivity index (χ0v) is 18.6. The van der Waals surface area contributed by atoms with Gasteiger partial charge in [-0.15, -0.1) is 0 Å². The molecule has 0 saturated carbocycles. The van der Waals surface area contributed by atoms with Crippen molar-refractivity contribution in [2.75, 3.05) is 17.1 Å². The summed E-state index contributed by atoms with van der Waals surface area (Å²) in [7, 11) is -3.61. The lowest BCUT2D eigenvalue weighted by Crippen LogP contribution is -2.39. The van der Waals surface area contributed by atoms with Crippen molar-refractivity contribution >= 4 is 49.9 Å². The average Bonchev–Trinajstić information content (AvgIpc) is 2.59.